The van der Waals surface area contributed by atoms with E-state index in [0.29, 0.717) is 12.8 Å². The second-order valence-electron chi connectivity index (χ2n) is 5.38. The van der Waals surface area contributed by atoms with E-state index in [2.05, 4.69) is 17.1 Å². The summed E-state index contributed by atoms with van der Waals surface area (Å²) in [7, 11) is 0. The Labute approximate surface area is 125 Å². The first-order chi connectivity index (χ1) is 9.74. The highest BCUT2D eigenvalue weighted by Crippen LogP contribution is 2.32. The number of rotatable bonds is 2. The summed E-state index contributed by atoms with van der Waals surface area (Å²) in [6.07, 6.45) is 3.77. The fraction of sp³-hybridized carbons (Fsp3) is 0.533. The number of ether oxygens (including phenoxy) is 2. The molecule has 0 amide bonds. The Hall–Kier alpha value is -1.49. The molecule has 0 aromatic heterocycles. The second-order valence-corrected chi connectivity index (χ2v) is 5.77. The van der Waals surface area contributed by atoms with E-state index in [0.717, 1.165) is 35.3 Å². The first-order valence-corrected chi connectivity index (χ1v) is 7.58. The van der Waals surface area contributed by atoms with Crippen molar-refractivity contribution in [1.82, 2.24) is 10.2 Å². The van der Waals surface area contributed by atoms with Gasteiger partial charge in [0.25, 0.3) is 0 Å². The lowest BCUT2D eigenvalue weighted by atomic mass is 10.0. The van der Waals surface area contributed by atoms with Gasteiger partial charge in [-0.05, 0) is 56.1 Å². The summed E-state index contributed by atoms with van der Waals surface area (Å²) in [5, 5.41) is 4.21. The molecule has 1 N–H and O–H groups in total. The van der Waals surface area contributed by atoms with Crippen LogP contribution in [0.3, 0.4) is 0 Å². The molecule has 0 radical (unpaired) electrons. The topological polar surface area (TPSA) is 33.7 Å². The third-order valence-corrected chi connectivity index (χ3v) is 4.32. The van der Waals surface area contributed by atoms with Crippen LogP contribution < -0.4 is 14.8 Å². The number of nitrogens with zero attached hydrogens (tertiary/aromatic N) is 1. The van der Waals surface area contributed by atoms with Gasteiger partial charge in [0.1, 0.15) is 0 Å². The molecular formula is C15H20N2O2S. The van der Waals surface area contributed by atoms with Crippen LogP contribution in [0.2, 0.25) is 0 Å². The Balaban J connectivity index is 1.57. The van der Waals surface area contributed by atoms with E-state index in [4.69, 9.17) is 21.7 Å². The number of benzene rings is 1. The van der Waals surface area contributed by atoms with Crippen LogP contribution in [-0.2, 0) is 6.54 Å². The smallest absolute Gasteiger partial charge is 0.231 e. The number of hydrogen-bond acceptors (Lipinski definition) is 3. The number of likely N-dealkylation sites (tertiary alicyclic amines) is 1. The predicted molar refractivity (Wildman–Crippen MR) is 82.0 cm³/mol. The van der Waals surface area contributed by atoms with Crippen molar-refractivity contribution in [2.24, 2.45) is 0 Å². The number of fused-ring (bicyclic) bond motifs is 1. The summed E-state index contributed by atoms with van der Waals surface area (Å²) in [5.74, 6) is 1.64. The summed E-state index contributed by atoms with van der Waals surface area (Å²) in [4.78, 5) is 2.30. The molecule has 0 saturated carbocycles. The quantitative estimate of drug-likeness (QED) is 0.848. The average Bonchev–Trinajstić information content (AvgIpc) is 2.92. The van der Waals surface area contributed by atoms with Gasteiger partial charge in [-0.1, -0.05) is 6.07 Å². The number of piperidine rings is 1. The first-order valence-electron chi connectivity index (χ1n) is 7.17. The van der Waals surface area contributed by atoms with Gasteiger partial charge in [-0.15, -0.1) is 0 Å². The minimum absolute atomic E-state index is 0.315. The molecule has 0 bridgehead atoms. The van der Waals surface area contributed by atoms with Crippen LogP contribution in [0, 0.1) is 0 Å². The van der Waals surface area contributed by atoms with Gasteiger partial charge >= 0.3 is 0 Å². The Kier molecular flexibility index (Phi) is 3.96. The van der Waals surface area contributed by atoms with Crippen LogP contribution in [0.5, 0.6) is 11.5 Å². The summed E-state index contributed by atoms with van der Waals surface area (Å²) in [6.45, 7) is 4.34. The predicted octanol–water partition coefficient (Wildman–Crippen LogP) is 2.66. The maximum Gasteiger partial charge on any atom is 0.231 e. The molecule has 1 aromatic rings. The molecule has 2 heterocycles. The molecule has 4 nitrogen and oxygen atoms in total. The molecule has 2 aliphatic heterocycles. The van der Waals surface area contributed by atoms with Crippen molar-refractivity contribution < 1.29 is 9.47 Å². The Morgan fingerprint density at radius 2 is 2.20 bits per heavy atom. The van der Waals surface area contributed by atoms with E-state index in [1.54, 1.807) is 0 Å². The SMILES string of the molecule is C[C@@H]1CCCCN1C(=S)NCc1ccc2c(c1)OCO2. The number of thiocarbonyl (C=S) groups is 1. The molecule has 0 spiro atoms. The van der Waals surface area contributed by atoms with Gasteiger partial charge in [-0.25, -0.2) is 0 Å². The minimum Gasteiger partial charge on any atom is -0.454 e. The average molecular weight is 292 g/mol. The van der Waals surface area contributed by atoms with Crippen molar-refractivity contribution in [1.29, 1.82) is 0 Å². The van der Waals surface area contributed by atoms with Crippen LogP contribution in [0.1, 0.15) is 31.7 Å². The standard InChI is InChI=1S/C15H20N2O2S/c1-11-4-2-3-7-17(11)15(20)16-9-12-5-6-13-14(8-12)19-10-18-13/h5-6,8,11H,2-4,7,9-10H2,1H3,(H,16,20)/t11-/m1/s1. The molecule has 3 rings (SSSR count). The van der Waals surface area contributed by atoms with Crippen molar-refractivity contribution in [3.63, 3.8) is 0 Å². The summed E-state index contributed by atoms with van der Waals surface area (Å²) in [5.41, 5.74) is 1.15. The first kappa shape index (κ1) is 13.5. The van der Waals surface area contributed by atoms with Gasteiger partial charge in [-0.2, -0.15) is 0 Å². The van der Waals surface area contributed by atoms with E-state index in [1.165, 1.54) is 19.3 Å². The van der Waals surface area contributed by atoms with Gasteiger partial charge in [0.2, 0.25) is 6.79 Å². The van der Waals surface area contributed by atoms with Crippen LogP contribution in [0.25, 0.3) is 0 Å². The Morgan fingerprint density at radius 3 is 3.05 bits per heavy atom. The van der Waals surface area contributed by atoms with E-state index < -0.39 is 0 Å². The summed E-state index contributed by atoms with van der Waals surface area (Å²) < 4.78 is 10.7. The largest absolute Gasteiger partial charge is 0.454 e. The monoisotopic (exact) mass is 292 g/mol. The highest BCUT2D eigenvalue weighted by molar-refractivity contribution is 7.80. The molecule has 1 saturated heterocycles. The maximum atomic E-state index is 5.51. The van der Waals surface area contributed by atoms with Crippen molar-refractivity contribution in [3.05, 3.63) is 23.8 Å². The van der Waals surface area contributed by atoms with Gasteiger partial charge in [0, 0.05) is 19.1 Å². The van der Waals surface area contributed by atoms with E-state index in [9.17, 15) is 0 Å². The lowest BCUT2D eigenvalue weighted by molar-refractivity contribution is 0.174. The number of hydrogen-bond donors (Lipinski definition) is 1. The molecule has 5 heteroatoms. The van der Waals surface area contributed by atoms with Crippen LogP contribution in [-0.4, -0.2) is 29.4 Å². The van der Waals surface area contributed by atoms with Crippen molar-refractivity contribution in [3.8, 4) is 11.5 Å². The molecule has 108 valence electrons. The summed E-state index contributed by atoms with van der Waals surface area (Å²) in [6, 6.07) is 6.55. The zero-order valence-corrected chi connectivity index (χ0v) is 12.5. The fourth-order valence-corrected chi connectivity index (χ4v) is 3.07. The van der Waals surface area contributed by atoms with E-state index in [-0.39, 0.29) is 0 Å². The molecule has 1 aromatic carbocycles. The van der Waals surface area contributed by atoms with Crippen molar-refractivity contribution >= 4 is 17.3 Å². The lowest BCUT2D eigenvalue weighted by Gasteiger charge is -2.35. The van der Waals surface area contributed by atoms with Gasteiger partial charge in [-0.3, -0.25) is 0 Å². The highest BCUT2D eigenvalue weighted by Gasteiger charge is 2.20. The van der Waals surface area contributed by atoms with Gasteiger partial charge in [0.15, 0.2) is 16.6 Å². The molecule has 0 aliphatic carbocycles. The third-order valence-electron chi connectivity index (χ3n) is 3.94. The third kappa shape index (κ3) is 2.82. The molecule has 1 fully saturated rings. The van der Waals surface area contributed by atoms with Gasteiger partial charge < -0.3 is 19.7 Å². The molecule has 20 heavy (non-hydrogen) atoms. The van der Waals surface area contributed by atoms with E-state index in [1.807, 2.05) is 18.2 Å². The van der Waals surface area contributed by atoms with Crippen molar-refractivity contribution in [2.45, 2.75) is 38.8 Å². The molecule has 1 atom stereocenters. The zero-order valence-electron chi connectivity index (χ0n) is 11.7. The zero-order chi connectivity index (χ0) is 13.9. The Bertz CT molecular complexity index is 507. The van der Waals surface area contributed by atoms with E-state index >= 15 is 0 Å². The Morgan fingerprint density at radius 1 is 1.35 bits per heavy atom. The van der Waals surface area contributed by atoms with Gasteiger partial charge in [0.05, 0.1) is 0 Å². The second kappa shape index (κ2) is 5.87. The molecular weight excluding hydrogens is 272 g/mol. The fourth-order valence-electron chi connectivity index (χ4n) is 2.73. The highest BCUT2D eigenvalue weighted by atomic mass is 32.1. The molecule has 0 unspecified atom stereocenters. The van der Waals surface area contributed by atoms with Crippen LogP contribution in [0.15, 0.2) is 18.2 Å². The summed E-state index contributed by atoms with van der Waals surface area (Å²) >= 11 is 5.51. The molecule has 2 aliphatic rings. The normalized spacial score (nSPS) is 20.9. The van der Waals surface area contributed by atoms with Crippen molar-refractivity contribution in [2.75, 3.05) is 13.3 Å². The van der Waals surface area contributed by atoms with Crippen LogP contribution in [0.4, 0.5) is 0 Å². The lowest BCUT2D eigenvalue weighted by Crippen LogP contribution is -2.47. The van der Waals surface area contributed by atoms with Crippen LogP contribution >= 0.6 is 12.2 Å². The minimum atomic E-state index is 0.315. The number of nitrogens with one attached hydrogen (secondary N) is 1. The maximum absolute atomic E-state index is 5.51.